The van der Waals surface area contributed by atoms with Crippen molar-refractivity contribution < 1.29 is 9.09 Å². The molecule has 1 aromatic heterocycles. The van der Waals surface area contributed by atoms with E-state index in [1.165, 1.54) is 6.42 Å². The van der Waals surface area contributed by atoms with Gasteiger partial charge in [0.15, 0.2) is 0 Å². The molecule has 0 aliphatic heterocycles. The largest absolute Gasteiger partial charge is 0.324 e. The lowest BCUT2D eigenvalue weighted by atomic mass is 9.75. The number of benzene rings is 1. The van der Waals surface area contributed by atoms with Crippen molar-refractivity contribution in [1.82, 2.24) is 4.98 Å². The van der Waals surface area contributed by atoms with E-state index >= 15 is 0 Å². The summed E-state index contributed by atoms with van der Waals surface area (Å²) in [6, 6.07) is 13.2. The molecule has 0 radical (unpaired) electrons. The first kappa shape index (κ1) is 19.1. The van der Waals surface area contributed by atoms with Crippen LogP contribution in [-0.4, -0.2) is 11.1 Å². The van der Waals surface area contributed by atoms with E-state index < -0.39 is 7.52 Å². The third-order valence-corrected chi connectivity index (χ3v) is 7.38. The van der Waals surface area contributed by atoms with Crippen LogP contribution in [0.3, 0.4) is 0 Å². The summed E-state index contributed by atoms with van der Waals surface area (Å²) in [5.74, 6) is 1.53. The molecule has 1 saturated carbocycles. The minimum Gasteiger partial charge on any atom is -0.310 e. The smallest absolute Gasteiger partial charge is 0.310 e. The summed E-state index contributed by atoms with van der Waals surface area (Å²) in [7, 11) is -3.26. The van der Waals surface area contributed by atoms with Crippen molar-refractivity contribution in [3.63, 3.8) is 0 Å². The fourth-order valence-electron chi connectivity index (χ4n) is 3.80. The quantitative estimate of drug-likeness (QED) is 0.681. The Morgan fingerprint density at radius 2 is 1.92 bits per heavy atom. The number of rotatable bonds is 6. The predicted octanol–water partition coefficient (Wildman–Crippen LogP) is 5.49. The van der Waals surface area contributed by atoms with Crippen molar-refractivity contribution in [3.8, 4) is 0 Å². The van der Waals surface area contributed by atoms with Gasteiger partial charge in [-0.05, 0) is 54.9 Å². The minimum atomic E-state index is -3.26. The van der Waals surface area contributed by atoms with E-state index in [9.17, 15) is 4.57 Å². The number of nitrogens with zero attached hydrogens (tertiary/aromatic N) is 1. The van der Waals surface area contributed by atoms with Gasteiger partial charge >= 0.3 is 7.52 Å². The molecule has 5 heteroatoms. The van der Waals surface area contributed by atoms with Crippen LogP contribution >= 0.6 is 7.52 Å². The highest BCUT2D eigenvalue weighted by Crippen LogP contribution is 2.50. The van der Waals surface area contributed by atoms with Crippen LogP contribution in [0.5, 0.6) is 0 Å². The van der Waals surface area contributed by atoms with Crippen LogP contribution in [0.4, 0.5) is 5.69 Å². The van der Waals surface area contributed by atoms with E-state index in [-0.39, 0.29) is 6.10 Å². The van der Waals surface area contributed by atoms with Gasteiger partial charge in [0.25, 0.3) is 0 Å². The fraction of sp³-hybridized carbons (Fsp3) is 0.476. The summed E-state index contributed by atoms with van der Waals surface area (Å²) in [4.78, 5) is 4.13. The molecule has 0 unspecified atom stereocenters. The van der Waals surface area contributed by atoms with Crippen LogP contribution in [0, 0.1) is 17.8 Å². The van der Waals surface area contributed by atoms with Gasteiger partial charge in [-0.3, -0.25) is 9.55 Å². The van der Waals surface area contributed by atoms with E-state index in [0.717, 1.165) is 12.8 Å². The van der Waals surface area contributed by atoms with Gasteiger partial charge in [-0.1, -0.05) is 45.4 Å². The van der Waals surface area contributed by atoms with Crippen LogP contribution in [0.25, 0.3) is 0 Å². The van der Waals surface area contributed by atoms with Crippen LogP contribution in [-0.2, 0) is 9.09 Å². The maximum Gasteiger partial charge on any atom is 0.324 e. The molecular formula is C21H29N2O2P. The number of anilines is 1. The molecule has 3 rings (SSSR count). The van der Waals surface area contributed by atoms with Gasteiger partial charge in [0.05, 0.1) is 23.3 Å². The minimum absolute atomic E-state index is 0.00559. The average molecular weight is 372 g/mol. The molecule has 2 aromatic rings. The van der Waals surface area contributed by atoms with Crippen LogP contribution in [0.1, 0.15) is 40.0 Å². The van der Waals surface area contributed by atoms with Gasteiger partial charge < -0.3 is 9.61 Å². The molecule has 4 nitrogen and oxygen atoms in total. The number of hydrogen-bond donors (Lipinski definition) is 1. The van der Waals surface area contributed by atoms with E-state index in [2.05, 4.69) is 30.8 Å². The zero-order chi connectivity index (χ0) is 18.6. The van der Waals surface area contributed by atoms with Crippen LogP contribution < -0.4 is 10.4 Å². The predicted molar refractivity (Wildman–Crippen MR) is 108 cm³/mol. The Balaban J connectivity index is 1.91. The molecule has 0 saturated heterocycles. The molecule has 0 amide bonds. The Kier molecular flexibility index (Phi) is 6.16. The van der Waals surface area contributed by atoms with Crippen molar-refractivity contribution in [2.45, 2.75) is 46.1 Å². The van der Waals surface area contributed by atoms with E-state index in [1.54, 1.807) is 12.4 Å². The van der Waals surface area contributed by atoms with Gasteiger partial charge in [0.1, 0.15) is 0 Å². The SMILES string of the molecule is CC(C)[C@H]1CC[C@@H](C)C[C@@H]1O[P@@](=O)(Nc1cccnc1)c1ccccc1. The molecule has 1 aliphatic rings. The number of nitrogens with one attached hydrogen (secondary N) is 1. The fourth-order valence-corrected chi connectivity index (χ4v) is 5.77. The highest BCUT2D eigenvalue weighted by atomic mass is 31.2. The highest BCUT2D eigenvalue weighted by Gasteiger charge is 2.38. The zero-order valence-electron chi connectivity index (χ0n) is 15.8. The number of hydrogen-bond acceptors (Lipinski definition) is 3. The van der Waals surface area contributed by atoms with Gasteiger partial charge in [-0.25, -0.2) is 0 Å². The zero-order valence-corrected chi connectivity index (χ0v) is 16.7. The Labute approximate surface area is 156 Å². The van der Waals surface area contributed by atoms with Gasteiger partial charge in [0.2, 0.25) is 0 Å². The van der Waals surface area contributed by atoms with Crippen LogP contribution in [0.2, 0.25) is 0 Å². The Hall–Kier alpha value is -1.64. The summed E-state index contributed by atoms with van der Waals surface area (Å²) in [6.07, 6.45) is 6.68. The third-order valence-electron chi connectivity index (χ3n) is 5.28. The first-order valence-corrected chi connectivity index (χ1v) is 11.1. The maximum atomic E-state index is 14.0. The van der Waals surface area contributed by atoms with Crippen molar-refractivity contribution in [2.24, 2.45) is 17.8 Å². The third kappa shape index (κ3) is 4.55. The van der Waals surface area contributed by atoms with Crippen molar-refractivity contribution >= 4 is 18.5 Å². The second kappa shape index (κ2) is 8.37. The Morgan fingerprint density at radius 1 is 1.15 bits per heavy atom. The van der Waals surface area contributed by atoms with Crippen molar-refractivity contribution in [1.29, 1.82) is 0 Å². The summed E-state index contributed by atoms with van der Waals surface area (Å²) < 4.78 is 20.4. The Bertz CT molecular complexity index is 736. The normalized spacial score (nSPS) is 25.6. The lowest BCUT2D eigenvalue weighted by Gasteiger charge is -2.39. The molecule has 26 heavy (non-hydrogen) atoms. The standard InChI is InChI=1S/C21H29N2O2P/c1-16(2)20-12-11-17(3)14-21(20)25-26(24,19-9-5-4-6-10-19)23-18-8-7-13-22-15-18/h4-10,13,15-17,20-21H,11-12,14H2,1-3H3,(H,23,24)/t17-,20-,21+,26-/m1/s1. The topological polar surface area (TPSA) is 51.2 Å². The Morgan fingerprint density at radius 3 is 2.58 bits per heavy atom. The lowest BCUT2D eigenvalue weighted by molar-refractivity contribution is 0.0506. The molecule has 1 aromatic carbocycles. The second-order valence-corrected chi connectivity index (χ2v) is 9.76. The van der Waals surface area contributed by atoms with Crippen molar-refractivity contribution in [2.75, 3.05) is 5.09 Å². The summed E-state index contributed by atoms with van der Waals surface area (Å²) >= 11 is 0. The summed E-state index contributed by atoms with van der Waals surface area (Å²) in [5.41, 5.74) is 0.713. The molecule has 0 bridgehead atoms. The summed E-state index contributed by atoms with van der Waals surface area (Å²) in [5, 5.41) is 3.86. The lowest BCUT2D eigenvalue weighted by Crippen LogP contribution is -2.35. The number of aromatic nitrogens is 1. The molecule has 1 aliphatic carbocycles. The second-order valence-electron chi connectivity index (χ2n) is 7.71. The maximum absolute atomic E-state index is 14.0. The molecule has 4 atom stereocenters. The molecule has 1 N–H and O–H groups in total. The van der Waals surface area contributed by atoms with E-state index in [4.69, 9.17) is 4.52 Å². The monoisotopic (exact) mass is 372 g/mol. The van der Waals surface area contributed by atoms with Gasteiger partial charge in [-0.2, -0.15) is 0 Å². The van der Waals surface area contributed by atoms with Crippen LogP contribution in [0.15, 0.2) is 54.9 Å². The van der Waals surface area contributed by atoms with E-state index in [1.807, 2.05) is 42.5 Å². The first-order chi connectivity index (χ1) is 12.5. The number of pyridine rings is 1. The molecule has 1 heterocycles. The van der Waals surface area contributed by atoms with E-state index in [0.29, 0.717) is 28.7 Å². The first-order valence-electron chi connectivity index (χ1n) is 9.50. The molecule has 1 fully saturated rings. The van der Waals surface area contributed by atoms with Crippen molar-refractivity contribution in [3.05, 3.63) is 54.9 Å². The highest BCUT2D eigenvalue weighted by molar-refractivity contribution is 7.68. The molecule has 140 valence electrons. The summed E-state index contributed by atoms with van der Waals surface area (Å²) in [6.45, 7) is 6.73. The van der Waals surface area contributed by atoms with Gasteiger partial charge in [0, 0.05) is 6.20 Å². The molecular weight excluding hydrogens is 343 g/mol. The average Bonchev–Trinajstić information content (AvgIpc) is 2.63. The van der Waals surface area contributed by atoms with Gasteiger partial charge in [-0.15, -0.1) is 0 Å². The molecule has 0 spiro atoms.